The van der Waals surface area contributed by atoms with E-state index in [0.717, 1.165) is 5.56 Å². The van der Waals surface area contributed by atoms with Gasteiger partial charge in [-0.25, -0.2) is 10.3 Å². The summed E-state index contributed by atoms with van der Waals surface area (Å²) in [4.78, 5) is 4.52. The fourth-order valence-corrected chi connectivity index (χ4v) is 1.67. The van der Waals surface area contributed by atoms with Gasteiger partial charge in [-0.1, -0.05) is 0 Å². The summed E-state index contributed by atoms with van der Waals surface area (Å²) in [5, 5.41) is 0. The molecule has 0 aromatic heterocycles. The number of ether oxygens (including phenoxy) is 2. The Morgan fingerprint density at radius 2 is 1.88 bits per heavy atom. The smallest absolute Gasteiger partial charge is 0.128 e. The molecule has 2 N–H and O–H groups in total. The fourth-order valence-electron chi connectivity index (χ4n) is 1.67. The molecular formula is C12H18FNO3. The number of halogens is 1. The van der Waals surface area contributed by atoms with Gasteiger partial charge in [-0.2, -0.15) is 0 Å². The number of hydrogen-bond donors (Lipinski definition) is 1. The van der Waals surface area contributed by atoms with Gasteiger partial charge in [0.2, 0.25) is 0 Å². The average Bonchev–Trinajstić information content (AvgIpc) is 2.34. The van der Waals surface area contributed by atoms with Crippen LogP contribution >= 0.6 is 0 Å². The van der Waals surface area contributed by atoms with E-state index in [0.29, 0.717) is 30.1 Å². The minimum Gasteiger partial charge on any atom is -0.496 e. The maximum absolute atomic E-state index is 13.4. The molecule has 0 bridgehead atoms. The van der Waals surface area contributed by atoms with Crippen molar-refractivity contribution in [2.75, 3.05) is 20.8 Å². The first-order chi connectivity index (χ1) is 8.13. The van der Waals surface area contributed by atoms with E-state index in [4.69, 9.17) is 15.4 Å². The molecule has 0 radical (unpaired) electrons. The van der Waals surface area contributed by atoms with Crippen LogP contribution in [0.2, 0.25) is 0 Å². The lowest BCUT2D eigenvalue weighted by Crippen LogP contribution is -2.06. The highest BCUT2D eigenvalue weighted by Gasteiger charge is 2.15. The van der Waals surface area contributed by atoms with E-state index in [1.54, 1.807) is 19.2 Å². The van der Waals surface area contributed by atoms with Crippen LogP contribution in [-0.2, 0) is 11.3 Å². The molecule has 1 unspecified atom stereocenters. The third kappa shape index (κ3) is 3.31. The molecular weight excluding hydrogens is 225 g/mol. The summed E-state index contributed by atoms with van der Waals surface area (Å²) in [5.74, 6) is 6.10. The van der Waals surface area contributed by atoms with Gasteiger partial charge in [-0.15, -0.1) is 0 Å². The molecule has 1 aromatic carbocycles. The van der Waals surface area contributed by atoms with Gasteiger partial charge in [-0.05, 0) is 18.6 Å². The van der Waals surface area contributed by atoms with E-state index < -0.39 is 6.17 Å². The van der Waals surface area contributed by atoms with E-state index in [1.165, 1.54) is 14.0 Å². The molecule has 1 rings (SSSR count). The van der Waals surface area contributed by atoms with Crippen molar-refractivity contribution in [1.82, 2.24) is 0 Å². The van der Waals surface area contributed by atoms with Crippen LogP contribution < -0.4 is 15.4 Å². The highest BCUT2D eigenvalue weighted by molar-refractivity contribution is 5.47. The van der Waals surface area contributed by atoms with Crippen molar-refractivity contribution in [2.24, 2.45) is 5.90 Å². The summed E-state index contributed by atoms with van der Waals surface area (Å²) < 4.78 is 23.8. The summed E-state index contributed by atoms with van der Waals surface area (Å²) in [7, 11) is 3.06. The predicted molar refractivity (Wildman–Crippen MR) is 62.9 cm³/mol. The Balaban J connectivity index is 3.14. The Morgan fingerprint density at radius 1 is 1.24 bits per heavy atom. The monoisotopic (exact) mass is 243 g/mol. The van der Waals surface area contributed by atoms with Crippen molar-refractivity contribution >= 4 is 0 Å². The maximum atomic E-state index is 13.4. The van der Waals surface area contributed by atoms with E-state index in [-0.39, 0.29) is 0 Å². The van der Waals surface area contributed by atoms with Crippen LogP contribution in [0.25, 0.3) is 0 Å². The topological polar surface area (TPSA) is 53.7 Å². The van der Waals surface area contributed by atoms with Crippen molar-refractivity contribution in [3.63, 3.8) is 0 Å². The Bertz CT molecular complexity index is 369. The number of methoxy groups -OCH3 is 2. The summed E-state index contributed by atoms with van der Waals surface area (Å²) in [6, 6.07) is 3.40. The maximum Gasteiger partial charge on any atom is 0.128 e. The first-order valence-corrected chi connectivity index (χ1v) is 5.34. The number of rotatable bonds is 6. The quantitative estimate of drug-likeness (QED) is 0.778. The molecule has 0 amide bonds. The zero-order chi connectivity index (χ0) is 12.8. The van der Waals surface area contributed by atoms with Gasteiger partial charge in [0.15, 0.2) is 0 Å². The van der Waals surface area contributed by atoms with Crippen LogP contribution in [0.5, 0.6) is 11.5 Å². The van der Waals surface area contributed by atoms with Gasteiger partial charge in [0.05, 0.1) is 20.8 Å². The zero-order valence-electron chi connectivity index (χ0n) is 10.3. The molecule has 1 atom stereocenters. The second-order valence-corrected chi connectivity index (χ2v) is 3.64. The molecule has 0 aliphatic heterocycles. The molecule has 1 aromatic rings. The number of nitrogens with two attached hydrogens (primary N) is 1. The third-order valence-corrected chi connectivity index (χ3v) is 2.55. The van der Waals surface area contributed by atoms with Gasteiger partial charge in [0.1, 0.15) is 17.7 Å². The molecule has 0 spiro atoms. The Kier molecular flexibility index (Phi) is 5.18. The average molecular weight is 243 g/mol. The molecule has 0 aliphatic carbocycles. The molecule has 0 saturated carbocycles. The Hall–Kier alpha value is -1.33. The fraction of sp³-hybridized carbons (Fsp3) is 0.500. The van der Waals surface area contributed by atoms with Gasteiger partial charge >= 0.3 is 0 Å². The van der Waals surface area contributed by atoms with Crippen LogP contribution in [-0.4, -0.2) is 20.8 Å². The second kappa shape index (κ2) is 6.42. The SMILES string of the molecule is COc1cc(OC)c(C(C)F)cc1CCON. The molecule has 0 heterocycles. The number of alkyl halides is 1. The summed E-state index contributed by atoms with van der Waals surface area (Å²) >= 11 is 0. The second-order valence-electron chi connectivity index (χ2n) is 3.64. The summed E-state index contributed by atoms with van der Waals surface area (Å²) in [6.07, 6.45) is -0.544. The van der Waals surface area contributed by atoms with E-state index in [2.05, 4.69) is 4.84 Å². The molecule has 0 fully saturated rings. The van der Waals surface area contributed by atoms with E-state index >= 15 is 0 Å². The van der Waals surface area contributed by atoms with Crippen molar-refractivity contribution in [3.8, 4) is 11.5 Å². The molecule has 0 aliphatic rings. The lowest BCUT2D eigenvalue weighted by atomic mass is 10.0. The van der Waals surface area contributed by atoms with Crippen molar-refractivity contribution in [2.45, 2.75) is 19.5 Å². The molecule has 17 heavy (non-hydrogen) atoms. The predicted octanol–water partition coefficient (Wildman–Crippen LogP) is 2.17. The Morgan fingerprint density at radius 3 is 2.35 bits per heavy atom. The molecule has 5 heteroatoms. The molecule has 0 saturated heterocycles. The minimum atomic E-state index is -1.10. The highest BCUT2D eigenvalue weighted by atomic mass is 19.1. The number of hydrogen-bond acceptors (Lipinski definition) is 4. The van der Waals surface area contributed by atoms with Gasteiger partial charge < -0.3 is 14.3 Å². The van der Waals surface area contributed by atoms with Gasteiger partial charge in [-0.3, -0.25) is 0 Å². The minimum absolute atomic E-state index is 0.350. The lowest BCUT2D eigenvalue weighted by Gasteiger charge is -2.15. The summed E-state index contributed by atoms with van der Waals surface area (Å²) in [6.45, 7) is 1.82. The van der Waals surface area contributed by atoms with Crippen molar-refractivity contribution in [3.05, 3.63) is 23.3 Å². The van der Waals surface area contributed by atoms with Crippen LogP contribution in [0.15, 0.2) is 12.1 Å². The van der Waals surface area contributed by atoms with Crippen LogP contribution in [0.4, 0.5) is 4.39 Å². The van der Waals surface area contributed by atoms with Crippen molar-refractivity contribution < 1.29 is 18.7 Å². The summed E-state index contributed by atoms with van der Waals surface area (Å²) in [5.41, 5.74) is 1.35. The number of benzene rings is 1. The van der Waals surface area contributed by atoms with E-state index in [1.807, 2.05) is 0 Å². The van der Waals surface area contributed by atoms with E-state index in [9.17, 15) is 4.39 Å². The van der Waals surface area contributed by atoms with Crippen LogP contribution in [0.3, 0.4) is 0 Å². The highest BCUT2D eigenvalue weighted by Crippen LogP contribution is 2.34. The zero-order valence-corrected chi connectivity index (χ0v) is 10.3. The largest absolute Gasteiger partial charge is 0.496 e. The first-order valence-electron chi connectivity index (χ1n) is 5.34. The normalized spacial score (nSPS) is 12.3. The van der Waals surface area contributed by atoms with Gasteiger partial charge in [0, 0.05) is 18.1 Å². The lowest BCUT2D eigenvalue weighted by molar-refractivity contribution is 0.140. The standard InChI is InChI=1S/C12H18FNO3/c1-8(13)10-6-9(4-5-17-14)11(15-2)7-12(10)16-3/h6-8H,4-5,14H2,1-3H3. The third-order valence-electron chi connectivity index (χ3n) is 2.55. The molecule has 4 nitrogen and oxygen atoms in total. The first kappa shape index (κ1) is 13.7. The van der Waals surface area contributed by atoms with Crippen molar-refractivity contribution in [1.29, 1.82) is 0 Å². The van der Waals surface area contributed by atoms with Crippen LogP contribution in [0.1, 0.15) is 24.2 Å². The molecule has 96 valence electrons. The van der Waals surface area contributed by atoms with Gasteiger partial charge in [0.25, 0.3) is 0 Å². The Labute approximate surface area is 100 Å². The van der Waals surface area contributed by atoms with Crippen LogP contribution in [0, 0.1) is 0 Å².